The van der Waals surface area contributed by atoms with E-state index < -0.39 is 9.84 Å². The maximum Gasteiger partial charge on any atom is 0.230 e. The average Bonchev–Trinajstić information content (AvgIpc) is 3.27. The Labute approximate surface area is 163 Å². The minimum Gasteiger partial charge on any atom is -0.344 e. The summed E-state index contributed by atoms with van der Waals surface area (Å²) in [6, 6.07) is 12.2. The van der Waals surface area contributed by atoms with E-state index >= 15 is 0 Å². The molecule has 1 fully saturated rings. The standard InChI is InChI=1S/C19H23NO3S3/c1-2-14-5-7-15(8-6-14)19(17-4-3-10-24-17)20-18(21)12-25-16-9-11-26(22,23)13-16/h3-8,10,16,19H,2,9,11-13H2,1H3,(H,20,21). The molecule has 2 heterocycles. The second kappa shape index (κ2) is 8.59. The maximum absolute atomic E-state index is 12.5. The Bertz CT molecular complexity index is 829. The molecule has 1 aliphatic rings. The molecule has 0 spiro atoms. The van der Waals surface area contributed by atoms with Gasteiger partial charge in [0.2, 0.25) is 5.91 Å². The van der Waals surface area contributed by atoms with Crippen LogP contribution in [-0.4, -0.2) is 36.8 Å². The van der Waals surface area contributed by atoms with Crippen LogP contribution in [0.3, 0.4) is 0 Å². The minimum atomic E-state index is -2.90. The second-order valence-electron chi connectivity index (χ2n) is 6.45. The Balaban J connectivity index is 1.65. The van der Waals surface area contributed by atoms with Crippen molar-refractivity contribution in [3.05, 3.63) is 57.8 Å². The first-order valence-corrected chi connectivity index (χ1v) is 12.5. The zero-order chi connectivity index (χ0) is 18.6. The quantitative estimate of drug-likeness (QED) is 0.761. The zero-order valence-electron chi connectivity index (χ0n) is 14.7. The van der Waals surface area contributed by atoms with Gasteiger partial charge in [-0.2, -0.15) is 0 Å². The van der Waals surface area contributed by atoms with E-state index in [4.69, 9.17) is 0 Å². The first kappa shape index (κ1) is 19.5. The molecule has 1 N–H and O–H groups in total. The van der Waals surface area contributed by atoms with Gasteiger partial charge in [-0.15, -0.1) is 23.1 Å². The fraction of sp³-hybridized carbons (Fsp3) is 0.421. The summed E-state index contributed by atoms with van der Waals surface area (Å²) in [6.45, 7) is 2.12. The first-order chi connectivity index (χ1) is 12.5. The van der Waals surface area contributed by atoms with Crippen molar-refractivity contribution in [2.45, 2.75) is 31.1 Å². The highest BCUT2D eigenvalue weighted by Gasteiger charge is 2.29. The molecule has 1 saturated heterocycles. The third-order valence-electron chi connectivity index (χ3n) is 4.50. The first-order valence-electron chi connectivity index (χ1n) is 8.70. The van der Waals surface area contributed by atoms with Gasteiger partial charge in [-0.3, -0.25) is 4.79 Å². The third kappa shape index (κ3) is 5.11. The van der Waals surface area contributed by atoms with Gasteiger partial charge in [0.25, 0.3) is 0 Å². The predicted molar refractivity (Wildman–Crippen MR) is 110 cm³/mol. The highest BCUT2D eigenvalue weighted by atomic mass is 32.2. The molecule has 1 aromatic carbocycles. The zero-order valence-corrected chi connectivity index (χ0v) is 17.1. The van der Waals surface area contributed by atoms with Gasteiger partial charge in [0, 0.05) is 10.1 Å². The molecule has 26 heavy (non-hydrogen) atoms. The van der Waals surface area contributed by atoms with Gasteiger partial charge in [0.1, 0.15) is 0 Å². The number of benzene rings is 1. The van der Waals surface area contributed by atoms with Gasteiger partial charge in [0.05, 0.1) is 23.3 Å². The fourth-order valence-electron chi connectivity index (χ4n) is 3.01. The number of thioether (sulfide) groups is 1. The van der Waals surface area contributed by atoms with Gasteiger partial charge < -0.3 is 5.32 Å². The Morgan fingerprint density at radius 2 is 2.08 bits per heavy atom. The van der Waals surface area contributed by atoms with Crippen molar-refractivity contribution >= 4 is 38.8 Å². The van der Waals surface area contributed by atoms with Crippen LogP contribution in [0.25, 0.3) is 0 Å². The number of carbonyl (C=O) groups excluding carboxylic acids is 1. The lowest BCUT2D eigenvalue weighted by atomic mass is 10.0. The number of hydrogen-bond acceptors (Lipinski definition) is 5. The van der Waals surface area contributed by atoms with Crippen molar-refractivity contribution in [2.75, 3.05) is 17.3 Å². The van der Waals surface area contributed by atoms with Crippen molar-refractivity contribution < 1.29 is 13.2 Å². The number of hydrogen-bond donors (Lipinski definition) is 1. The van der Waals surface area contributed by atoms with Crippen LogP contribution in [0.5, 0.6) is 0 Å². The molecule has 2 atom stereocenters. The minimum absolute atomic E-state index is 0.0368. The normalized spacial score (nSPS) is 20.0. The van der Waals surface area contributed by atoms with E-state index in [0.717, 1.165) is 16.9 Å². The van der Waals surface area contributed by atoms with E-state index in [-0.39, 0.29) is 34.5 Å². The van der Waals surface area contributed by atoms with Gasteiger partial charge >= 0.3 is 0 Å². The van der Waals surface area contributed by atoms with E-state index in [1.165, 1.54) is 17.3 Å². The van der Waals surface area contributed by atoms with Crippen LogP contribution in [0.15, 0.2) is 41.8 Å². The van der Waals surface area contributed by atoms with Crippen molar-refractivity contribution in [3.8, 4) is 0 Å². The van der Waals surface area contributed by atoms with Crippen molar-refractivity contribution in [2.24, 2.45) is 0 Å². The van der Waals surface area contributed by atoms with Crippen LogP contribution in [-0.2, 0) is 21.1 Å². The summed E-state index contributed by atoms with van der Waals surface area (Å²) >= 11 is 3.07. The van der Waals surface area contributed by atoms with Gasteiger partial charge in [-0.05, 0) is 35.4 Å². The van der Waals surface area contributed by atoms with Crippen molar-refractivity contribution in [1.29, 1.82) is 0 Å². The number of amides is 1. The van der Waals surface area contributed by atoms with Gasteiger partial charge in [-0.25, -0.2) is 8.42 Å². The summed E-state index contributed by atoms with van der Waals surface area (Å²) in [5.74, 6) is 0.665. The molecule has 0 saturated carbocycles. The lowest BCUT2D eigenvalue weighted by Gasteiger charge is -2.19. The molecular weight excluding hydrogens is 386 g/mol. The van der Waals surface area contributed by atoms with Crippen molar-refractivity contribution in [1.82, 2.24) is 5.32 Å². The van der Waals surface area contributed by atoms with Crippen LogP contribution < -0.4 is 5.32 Å². The number of nitrogens with one attached hydrogen (secondary N) is 1. The molecule has 0 aliphatic carbocycles. The number of aryl methyl sites for hydroxylation is 1. The van der Waals surface area contributed by atoms with Crippen LogP contribution >= 0.6 is 23.1 Å². The van der Waals surface area contributed by atoms with Gasteiger partial charge in [-0.1, -0.05) is 37.3 Å². The van der Waals surface area contributed by atoms with Crippen LogP contribution in [0.4, 0.5) is 0 Å². The van der Waals surface area contributed by atoms with E-state index in [1.807, 2.05) is 17.5 Å². The lowest BCUT2D eigenvalue weighted by Crippen LogP contribution is -2.31. The SMILES string of the molecule is CCc1ccc(C(NC(=O)CSC2CCS(=O)(=O)C2)c2cccs2)cc1. The highest BCUT2D eigenvalue weighted by Crippen LogP contribution is 2.28. The van der Waals surface area contributed by atoms with E-state index in [1.54, 1.807) is 11.3 Å². The van der Waals surface area contributed by atoms with Gasteiger partial charge in [0.15, 0.2) is 9.84 Å². The van der Waals surface area contributed by atoms with E-state index in [2.05, 4.69) is 36.5 Å². The van der Waals surface area contributed by atoms with E-state index in [9.17, 15) is 13.2 Å². The van der Waals surface area contributed by atoms with Crippen LogP contribution in [0.1, 0.15) is 35.4 Å². The monoisotopic (exact) mass is 409 g/mol. The highest BCUT2D eigenvalue weighted by molar-refractivity contribution is 8.02. The predicted octanol–water partition coefficient (Wildman–Crippen LogP) is 3.44. The second-order valence-corrected chi connectivity index (χ2v) is 10.9. The summed E-state index contributed by atoms with van der Waals surface area (Å²) < 4.78 is 23.1. The molecule has 1 aromatic heterocycles. The fourth-order valence-corrected chi connectivity index (χ4v) is 7.27. The molecule has 0 bridgehead atoms. The lowest BCUT2D eigenvalue weighted by molar-refractivity contribution is -0.119. The molecule has 0 radical (unpaired) electrons. The summed E-state index contributed by atoms with van der Waals surface area (Å²) in [5, 5.41) is 5.16. The summed E-state index contributed by atoms with van der Waals surface area (Å²) in [6.07, 6.45) is 1.63. The summed E-state index contributed by atoms with van der Waals surface area (Å²) in [7, 11) is -2.90. The average molecular weight is 410 g/mol. The molecule has 4 nitrogen and oxygen atoms in total. The molecule has 2 aromatic rings. The Kier molecular flexibility index (Phi) is 6.42. The topological polar surface area (TPSA) is 63.2 Å². The molecule has 2 unspecified atom stereocenters. The molecule has 7 heteroatoms. The number of carbonyl (C=O) groups is 1. The Hall–Kier alpha value is -1.31. The summed E-state index contributed by atoms with van der Waals surface area (Å²) in [4.78, 5) is 13.6. The number of thiophene rings is 1. The third-order valence-corrected chi connectivity index (χ3v) is 8.71. The van der Waals surface area contributed by atoms with Crippen molar-refractivity contribution in [3.63, 3.8) is 0 Å². The smallest absolute Gasteiger partial charge is 0.230 e. The molecule has 3 rings (SSSR count). The number of sulfone groups is 1. The Morgan fingerprint density at radius 3 is 2.65 bits per heavy atom. The van der Waals surface area contributed by atoms with E-state index in [0.29, 0.717) is 6.42 Å². The molecular formula is C19H23NO3S3. The molecule has 1 aliphatic heterocycles. The number of rotatable bonds is 7. The van der Waals surface area contributed by atoms with Crippen LogP contribution in [0, 0.1) is 0 Å². The summed E-state index contributed by atoms with van der Waals surface area (Å²) in [5.41, 5.74) is 2.33. The molecule has 140 valence electrons. The van der Waals surface area contributed by atoms with Crippen LogP contribution in [0.2, 0.25) is 0 Å². The Morgan fingerprint density at radius 1 is 1.31 bits per heavy atom. The maximum atomic E-state index is 12.5. The molecule has 1 amide bonds. The largest absolute Gasteiger partial charge is 0.344 e.